The zero-order valence-electron chi connectivity index (χ0n) is 15.1. The summed E-state index contributed by atoms with van der Waals surface area (Å²) < 4.78 is 22.8. The van der Waals surface area contributed by atoms with E-state index in [4.69, 9.17) is 34.5 Å². The molecular weight excluding hydrogens is 435 g/mol. The number of hydrogen-bond donors (Lipinski definition) is 6. The van der Waals surface area contributed by atoms with E-state index in [-0.39, 0.29) is 6.61 Å². The van der Waals surface area contributed by atoms with Crippen LogP contribution in [0.3, 0.4) is 0 Å². The fourth-order valence-corrected chi connectivity index (χ4v) is 2.30. The van der Waals surface area contributed by atoms with Crippen LogP contribution in [0.25, 0.3) is 0 Å². The van der Waals surface area contributed by atoms with Gasteiger partial charge in [0.1, 0.15) is 0 Å². The van der Waals surface area contributed by atoms with Gasteiger partial charge in [-0.1, -0.05) is 0 Å². The van der Waals surface area contributed by atoms with Crippen molar-refractivity contribution in [2.24, 2.45) is 17.2 Å². The van der Waals surface area contributed by atoms with Crippen molar-refractivity contribution in [1.29, 1.82) is 0 Å². The van der Waals surface area contributed by atoms with E-state index in [0.29, 0.717) is 59.1 Å². The Kier molecular flexibility index (Phi) is 19.5. The van der Waals surface area contributed by atoms with Gasteiger partial charge in [0.05, 0.1) is 0 Å². The van der Waals surface area contributed by atoms with E-state index in [0.717, 1.165) is 42.6 Å². The van der Waals surface area contributed by atoms with Crippen molar-refractivity contribution >= 4 is 22.9 Å². The minimum atomic E-state index is -1.19. The Bertz CT molecular complexity index is 268. The fourth-order valence-electron chi connectivity index (χ4n) is 1.79. The van der Waals surface area contributed by atoms with Gasteiger partial charge in [-0.25, -0.2) is 0 Å². The van der Waals surface area contributed by atoms with Gasteiger partial charge in [-0.3, -0.25) is 0 Å². The number of ether oxygens (including phenoxy) is 3. The first kappa shape index (κ1) is 25.4. The molecule has 0 aromatic rings. The molecule has 0 bridgehead atoms. The van der Waals surface area contributed by atoms with Crippen LogP contribution in [-0.4, -0.2) is 114 Å². The molecule has 0 aromatic heterocycles. The Balaban J connectivity index is 4.22. The molecule has 0 aliphatic carbocycles. The quantitative estimate of drug-likeness (QED) is 0.0600. The Morgan fingerprint density at radius 3 is 1.52 bits per heavy atom. The molecule has 0 aliphatic rings. The average Bonchev–Trinajstić information content (AvgIpc) is 2.63. The van der Waals surface area contributed by atoms with E-state index in [1.54, 1.807) is 0 Å². The molecule has 3 radical (unpaired) electrons. The van der Waals surface area contributed by atoms with E-state index < -0.39 is 5.97 Å². The zero-order chi connectivity index (χ0) is 18.6. The summed E-state index contributed by atoms with van der Waals surface area (Å²) in [4.78, 5) is 0. The number of nitrogens with one attached hydrogen (secondary N) is 3. The third kappa shape index (κ3) is 15.2. The average molecular weight is 470 g/mol. The number of hydrogen-bond acceptors (Lipinski definition) is 10. The first-order valence-corrected chi connectivity index (χ1v) is 9.84. The van der Waals surface area contributed by atoms with E-state index in [9.17, 15) is 0 Å². The molecule has 11 heteroatoms. The van der Waals surface area contributed by atoms with Crippen molar-refractivity contribution in [2.45, 2.75) is 5.97 Å². The number of rotatable bonds is 20. The van der Waals surface area contributed by atoms with Crippen LogP contribution >= 0.6 is 0 Å². The first-order valence-electron chi connectivity index (χ1n) is 8.67. The summed E-state index contributed by atoms with van der Waals surface area (Å²) in [6.45, 7) is 7.60. The van der Waals surface area contributed by atoms with E-state index in [2.05, 4.69) is 16.0 Å². The molecule has 0 saturated heterocycles. The molecule has 0 rings (SSSR count). The molecule has 25 heavy (non-hydrogen) atoms. The van der Waals surface area contributed by atoms with Crippen LogP contribution in [0, 0.1) is 0 Å². The summed E-state index contributed by atoms with van der Waals surface area (Å²) in [5.41, 5.74) is 16.3. The van der Waals surface area contributed by atoms with Crippen LogP contribution in [0.15, 0.2) is 0 Å². The monoisotopic (exact) mass is 471 g/mol. The molecule has 10 nitrogen and oxygen atoms in total. The number of nitrogens with two attached hydrogens (primary N) is 3. The van der Waals surface area contributed by atoms with Crippen LogP contribution < -0.4 is 33.2 Å². The molecule has 0 aliphatic heterocycles. The van der Waals surface area contributed by atoms with Gasteiger partial charge in [-0.15, -0.1) is 0 Å². The third-order valence-corrected chi connectivity index (χ3v) is 3.91. The van der Waals surface area contributed by atoms with Crippen LogP contribution in [0.1, 0.15) is 0 Å². The van der Waals surface area contributed by atoms with Crippen LogP contribution in [-0.2, 0) is 17.3 Å². The van der Waals surface area contributed by atoms with Gasteiger partial charge in [0, 0.05) is 0 Å². The van der Waals surface area contributed by atoms with Gasteiger partial charge in [0.15, 0.2) is 0 Å². The van der Waals surface area contributed by atoms with Gasteiger partial charge >= 0.3 is 165 Å². The molecule has 0 spiro atoms. The van der Waals surface area contributed by atoms with E-state index >= 15 is 0 Å². The van der Waals surface area contributed by atoms with Crippen molar-refractivity contribution in [2.75, 3.05) is 85.3 Å². The Labute approximate surface area is 164 Å². The van der Waals surface area contributed by atoms with Gasteiger partial charge in [0.2, 0.25) is 0 Å². The molecule has 0 heterocycles. The van der Waals surface area contributed by atoms with Crippen molar-refractivity contribution in [1.82, 2.24) is 16.0 Å². The van der Waals surface area contributed by atoms with Crippen molar-refractivity contribution in [3.8, 4) is 0 Å². The van der Waals surface area contributed by atoms with Crippen molar-refractivity contribution in [3.05, 3.63) is 0 Å². The first-order chi connectivity index (χ1) is 12.2. The minimum absolute atomic E-state index is 0.191. The van der Waals surface area contributed by atoms with E-state index in [1.807, 2.05) is 0 Å². The summed E-state index contributed by atoms with van der Waals surface area (Å²) in [6, 6.07) is 0. The second-order valence-electron chi connectivity index (χ2n) is 5.15. The second-order valence-corrected chi connectivity index (χ2v) is 5.73. The fraction of sp³-hybridized carbons (Fsp3) is 1.00. The summed E-state index contributed by atoms with van der Waals surface area (Å²) in [5.74, 6) is -1.19. The Morgan fingerprint density at radius 1 is 0.680 bits per heavy atom. The standard InChI is InChI=1S/C14H35N6O4.Sn/c15-1-4-18-7-10-22-13-14(21,23-11-8-19-5-2-16)24-12-9-20-6-3-17;/h18-20H,1-13,15-17H2;/q-1;+1. The molecule has 9 N–H and O–H groups in total. The van der Waals surface area contributed by atoms with Gasteiger partial charge in [0.25, 0.3) is 0 Å². The topological polar surface area (TPSA) is 151 Å². The summed E-state index contributed by atoms with van der Waals surface area (Å²) in [7, 11) is 0. The van der Waals surface area contributed by atoms with Crippen molar-refractivity contribution < 1.29 is 17.3 Å². The molecular formula is C14H35N6O4Sn. The predicted octanol–water partition coefficient (Wildman–Crippen LogP) is -3.56. The van der Waals surface area contributed by atoms with Crippen molar-refractivity contribution in [3.63, 3.8) is 0 Å². The second kappa shape index (κ2) is 19.2. The maximum absolute atomic E-state index is 5.82. The van der Waals surface area contributed by atoms with Crippen LogP contribution in [0.4, 0.5) is 0 Å². The summed E-state index contributed by atoms with van der Waals surface area (Å²) in [5, 5.41) is 9.49. The SMILES string of the molecule is NCCNCCOCC([O][Sn])(OCCNCCN)OCCNCCN. The molecule has 0 atom stereocenters. The van der Waals surface area contributed by atoms with Crippen LogP contribution in [0.2, 0.25) is 0 Å². The molecule has 0 saturated carbocycles. The van der Waals surface area contributed by atoms with Gasteiger partial charge in [-0.05, 0) is 0 Å². The Morgan fingerprint density at radius 2 is 1.12 bits per heavy atom. The molecule has 0 fully saturated rings. The Hall–Kier alpha value is 0.399. The molecule has 149 valence electrons. The van der Waals surface area contributed by atoms with Gasteiger partial charge < -0.3 is 0 Å². The predicted molar refractivity (Wildman–Crippen MR) is 98.1 cm³/mol. The molecule has 0 aromatic carbocycles. The van der Waals surface area contributed by atoms with E-state index in [1.165, 1.54) is 0 Å². The third-order valence-electron chi connectivity index (χ3n) is 3.02. The maximum atomic E-state index is 5.82. The summed E-state index contributed by atoms with van der Waals surface area (Å²) >= 11 is 0.842. The normalized spacial score (nSPS) is 12.0. The zero-order valence-corrected chi connectivity index (χ0v) is 17.9. The molecule has 0 unspecified atom stereocenters. The molecule has 0 amide bonds. The van der Waals surface area contributed by atoms with Crippen LogP contribution in [0.5, 0.6) is 0 Å². The van der Waals surface area contributed by atoms with Gasteiger partial charge in [-0.2, -0.15) is 0 Å². The summed E-state index contributed by atoms with van der Waals surface area (Å²) in [6.07, 6.45) is 0.